The minimum Gasteiger partial charge on any atom is -0.491 e. The first-order chi connectivity index (χ1) is 10.9. The zero-order valence-electron chi connectivity index (χ0n) is 13.0. The molecule has 22 heavy (non-hydrogen) atoms. The molecule has 0 radical (unpaired) electrons. The number of rotatable bonds is 7. The van der Waals surface area contributed by atoms with Gasteiger partial charge in [0.1, 0.15) is 17.1 Å². The third-order valence-corrected chi connectivity index (χ3v) is 4.31. The van der Waals surface area contributed by atoms with Crippen LogP contribution in [0.2, 0.25) is 0 Å². The van der Waals surface area contributed by atoms with E-state index >= 15 is 0 Å². The smallest absolute Gasteiger partial charge is 0.147 e. The Bertz CT molecular complexity index is 591. The van der Waals surface area contributed by atoms with Gasteiger partial charge in [0.2, 0.25) is 0 Å². The fourth-order valence-electron chi connectivity index (χ4n) is 3.10. The molecule has 1 aromatic carbocycles. The zero-order chi connectivity index (χ0) is 15.2. The van der Waals surface area contributed by atoms with E-state index in [0.717, 1.165) is 29.2 Å². The molecule has 0 amide bonds. The SMILES string of the molecule is OCCNCc1nc2c(OCC3CCCCC3)cccc2[nH]1. The normalized spacial score (nSPS) is 16.2. The number of aromatic nitrogens is 2. The molecule has 5 nitrogen and oxygen atoms in total. The van der Waals surface area contributed by atoms with Crippen molar-refractivity contribution in [3.8, 4) is 5.75 Å². The predicted octanol–water partition coefficient (Wildman–Crippen LogP) is 2.60. The number of aliphatic hydroxyl groups excluding tert-OH is 1. The highest BCUT2D eigenvalue weighted by atomic mass is 16.5. The Morgan fingerprint density at radius 1 is 1.27 bits per heavy atom. The van der Waals surface area contributed by atoms with Crippen molar-refractivity contribution in [2.75, 3.05) is 19.8 Å². The topological polar surface area (TPSA) is 70.2 Å². The molecule has 3 rings (SSSR count). The van der Waals surface area contributed by atoms with Gasteiger partial charge in [0.25, 0.3) is 0 Å². The summed E-state index contributed by atoms with van der Waals surface area (Å²) < 4.78 is 6.05. The Morgan fingerprint density at radius 2 is 2.14 bits per heavy atom. The Labute approximate surface area is 131 Å². The van der Waals surface area contributed by atoms with Crippen LogP contribution in [0.4, 0.5) is 0 Å². The quantitative estimate of drug-likeness (QED) is 0.688. The fourth-order valence-corrected chi connectivity index (χ4v) is 3.10. The van der Waals surface area contributed by atoms with Crippen molar-refractivity contribution < 1.29 is 9.84 Å². The molecule has 1 aliphatic carbocycles. The first-order valence-electron chi connectivity index (χ1n) is 8.29. The number of nitrogens with zero attached hydrogens (tertiary/aromatic N) is 1. The van der Waals surface area contributed by atoms with Crippen molar-refractivity contribution in [3.05, 3.63) is 24.0 Å². The summed E-state index contributed by atoms with van der Waals surface area (Å²) in [6.45, 7) is 2.12. The number of aliphatic hydroxyl groups is 1. The van der Waals surface area contributed by atoms with Gasteiger partial charge >= 0.3 is 0 Å². The molecule has 0 unspecified atom stereocenters. The number of para-hydroxylation sites is 1. The summed E-state index contributed by atoms with van der Waals surface area (Å²) in [5.41, 5.74) is 1.90. The molecule has 0 spiro atoms. The first kappa shape index (κ1) is 15.3. The lowest BCUT2D eigenvalue weighted by Crippen LogP contribution is -2.18. The monoisotopic (exact) mass is 303 g/mol. The van der Waals surface area contributed by atoms with Crippen LogP contribution in [-0.4, -0.2) is 34.8 Å². The van der Waals surface area contributed by atoms with E-state index in [4.69, 9.17) is 9.84 Å². The van der Waals surface area contributed by atoms with Crippen molar-refractivity contribution in [2.45, 2.75) is 38.6 Å². The summed E-state index contributed by atoms with van der Waals surface area (Å²) in [6, 6.07) is 6.02. The minimum atomic E-state index is 0.135. The lowest BCUT2D eigenvalue weighted by Gasteiger charge is -2.21. The number of hydrogen-bond acceptors (Lipinski definition) is 4. The standard InChI is InChI=1S/C17H25N3O2/c21-10-9-18-11-16-19-14-7-4-8-15(17(14)20-16)22-12-13-5-2-1-3-6-13/h4,7-8,13,18,21H,1-3,5-6,9-12H2,(H,19,20). The number of hydrogen-bond donors (Lipinski definition) is 3. The number of ether oxygens (including phenoxy) is 1. The van der Waals surface area contributed by atoms with Crippen LogP contribution in [0.15, 0.2) is 18.2 Å². The number of imidazole rings is 1. The molecule has 1 fully saturated rings. The summed E-state index contributed by atoms with van der Waals surface area (Å²) in [5.74, 6) is 2.43. The highest BCUT2D eigenvalue weighted by Gasteiger charge is 2.15. The van der Waals surface area contributed by atoms with Crippen LogP contribution in [0.5, 0.6) is 5.75 Å². The Morgan fingerprint density at radius 3 is 2.95 bits per heavy atom. The van der Waals surface area contributed by atoms with Gasteiger partial charge in [-0.1, -0.05) is 25.3 Å². The molecule has 1 saturated carbocycles. The van der Waals surface area contributed by atoms with E-state index in [9.17, 15) is 0 Å². The van der Waals surface area contributed by atoms with E-state index in [0.29, 0.717) is 19.0 Å². The maximum absolute atomic E-state index is 8.81. The lowest BCUT2D eigenvalue weighted by atomic mass is 9.90. The summed E-state index contributed by atoms with van der Waals surface area (Å²) in [5, 5.41) is 11.9. The van der Waals surface area contributed by atoms with Gasteiger partial charge in [-0.05, 0) is 30.9 Å². The number of nitrogens with one attached hydrogen (secondary N) is 2. The third-order valence-electron chi connectivity index (χ3n) is 4.31. The number of benzene rings is 1. The third kappa shape index (κ3) is 3.78. The van der Waals surface area contributed by atoms with Gasteiger partial charge in [-0.3, -0.25) is 0 Å². The summed E-state index contributed by atoms with van der Waals surface area (Å²) in [7, 11) is 0. The first-order valence-corrected chi connectivity index (χ1v) is 8.29. The van der Waals surface area contributed by atoms with E-state index in [-0.39, 0.29) is 6.61 Å². The summed E-state index contributed by atoms with van der Waals surface area (Å²) >= 11 is 0. The minimum absolute atomic E-state index is 0.135. The molecule has 5 heteroatoms. The molecule has 2 aromatic rings. The molecule has 1 heterocycles. The highest BCUT2D eigenvalue weighted by molar-refractivity contribution is 5.81. The van der Waals surface area contributed by atoms with Gasteiger partial charge < -0.3 is 20.1 Å². The molecular weight excluding hydrogens is 278 g/mol. The van der Waals surface area contributed by atoms with E-state index in [1.54, 1.807) is 0 Å². The lowest BCUT2D eigenvalue weighted by molar-refractivity contribution is 0.210. The van der Waals surface area contributed by atoms with Crippen LogP contribution >= 0.6 is 0 Å². The van der Waals surface area contributed by atoms with Crippen LogP contribution in [0.1, 0.15) is 37.9 Å². The number of fused-ring (bicyclic) bond motifs is 1. The summed E-state index contributed by atoms with van der Waals surface area (Å²) in [4.78, 5) is 7.92. The molecule has 0 saturated heterocycles. The predicted molar refractivity (Wildman–Crippen MR) is 87.0 cm³/mol. The molecule has 1 aliphatic rings. The van der Waals surface area contributed by atoms with Crippen molar-refractivity contribution in [3.63, 3.8) is 0 Å². The van der Waals surface area contributed by atoms with Gasteiger partial charge in [0, 0.05) is 6.54 Å². The second-order valence-electron chi connectivity index (χ2n) is 6.05. The van der Waals surface area contributed by atoms with Crippen molar-refractivity contribution >= 4 is 11.0 Å². The molecule has 3 N–H and O–H groups in total. The molecular formula is C17H25N3O2. The second kappa shape index (κ2) is 7.61. The summed E-state index contributed by atoms with van der Waals surface area (Å²) in [6.07, 6.45) is 6.61. The molecule has 0 atom stereocenters. The molecule has 120 valence electrons. The largest absolute Gasteiger partial charge is 0.491 e. The van der Waals surface area contributed by atoms with Gasteiger partial charge in [-0.25, -0.2) is 4.98 Å². The maximum atomic E-state index is 8.81. The second-order valence-corrected chi connectivity index (χ2v) is 6.05. The maximum Gasteiger partial charge on any atom is 0.147 e. The van der Waals surface area contributed by atoms with E-state index in [1.165, 1.54) is 32.1 Å². The molecule has 1 aromatic heterocycles. The van der Waals surface area contributed by atoms with Gasteiger partial charge in [-0.2, -0.15) is 0 Å². The average molecular weight is 303 g/mol. The number of aromatic amines is 1. The van der Waals surface area contributed by atoms with Crippen molar-refractivity contribution in [1.82, 2.24) is 15.3 Å². The van der Waals surface area contributed by atoms with Crippen molar-refractivity contribution in [1.29, 1.82) is 0 Å². The number of H-pyrrole nitrogens is 1. The average Bonchev–Trinajstić information content (AvgIpc) is 2.97. The molecule has 0 aliphatic heterocycles. The van der Waals surface area contributed by atoms with E-state index in [1.807, 2.05) is 18.2 Å². The molecule has 0 bridgehead atoms. The highest BCUT2D eigenvalue weighted by Crippen LogP contribution is 2.27. The Kier molecular flexibility index (Phi) is 5.29. The van der Waals surface area contributed by atoms with Gasteiger partial charge in [0.05, 0.1) is 25.3 Å². The van der Waals surface area contributed by atoms with Gasteiger partial charge in [-0.15, -0.1) is 0 Å². The zero-order valence-corrected chi connectivity index (χ0v) is 13.0. The Hall–Kier alpha value is -1.59. The van der Waals surface area contributed by atoms with E-state index in [2.05, 4.69) is 15.3 Å². The van der Waals surface area contributed by atoms with Crippen LogP contribution in [0.3, 0.4) is 0 Å². The van der Waals surface area contributed by atoms with Gasteiger partial charge in [0.15, 0.2) is 0 Å². The van der Waals surface area contributed by atoms with Crippen LogP contribution in [0.25, 0.3) is 11.0 Å². The Balaban J connectivity index is 1.66. The van der Waals surface area contributed by atoms with E-state index < -0.39 is 0 Å². The van der Waals surface area contributed by atoms with Crippen LogP contribution in [0, 0.1) is 5.92 Å². The van der Waals surface area contributed by atoms with Crippen LogP contribution < -0.4 is 10.1 Å². The van der Waals surface area contributed by atoms with Crippen LogP contribution in [-0.2, 0) is 6.54 Å². The van der Waals surface area contributed by atoms with Crippen molar-refractivity contribution in [2.24, 2.45) is 5.92 Å². The fraction of sp³-hybridized carbons (Fsp3) is 0.588.